The second-order valence-corrected chi connectivity index (χ2v) is 7.15. The van der Waals surface area contributed by atoms with Crippen molar-refractivity contribution in [2.75, 3.05) is 11.4 Å². The van der Waals surface area contributed by atoms with Gasteiger partial charge in [0.1, 0.15) is 0 Å². The average molecular weight is 344 g/mol. The molecular formula is C17H16N2O4S. The number of fused-ring (bicyclic) bond motifs is 1. The fourth-order valence-corrected chi connectivity index (χ4v) is 3.65. The van der Waals surface area contributed by atoms with Crippen LogP contribution >= 0.6 is 0 Å². The third-order valence-electron chi connectivity index (χ3n) is 3.74. The first-order valence-corrected chi connectivity index (χ1v) is 9.01. The van der Waals surface area contributed by atoms with Crippen LogP contribution in [0.2, 0.25) is 0 Å². The van der Waals surface area contributed by atoms with E-state index in [1.807, 2.05) is 6.92 Å². The van der Waals surface area contributed by atoms with Crippen molar-refractivity contribution in [3.63, 3.8) is 0 Å². The van der Waals surface area contributed by atoms with E-state index < -0.39 is 21.8 Å². The molecule has 0 radical (unpaired) electrons. The summed E-state index contributed by atoms with van der Waals surface area (Å²) in [6.45, 7) is 2.22. The van der Waals surface area contributed by atoms with Crippen molar-refractivity contribution in [2.24, 2.45) is 0 Å². The molecule has 0 aromatic heterocycles. The first kappa shape index (κ1) is 16.4. The van der Waals surface area contributed by atoms with Gasteiger partial charge >= 0.3 is 0 Å². The highest BCUT2D eigenvalue weighted by Gasteiger charge is 2.36. The van der Waals surface area contributed by atoms with E-state index >= 15 is 0 Å². The maximum Gasteiger partial charge on any atom is 0.266 e. The molecule has 0 aliphatic carbocycles. The lowest BCUT2D eigenvalue weighted by molar-refractivity contribution is 0.0926. The summed E-state index contributed by atoms with van der Waals surface area (Å²) in [7, 11) is -3.58. The Labute approximate surface area is 140 Å². The molecule has 0 saturated heterocycles. The van der Waals surface area contributed by atoms with Crippen LogP contribution in [0.5, 0.6) is 0 Å². The Balaban J connectivity index is 1.90. The number of hydrogen-bond donors (Lipinski definition) is 1. The van der Waals surface area contributed by atoms with Crippen LogP contribution in [0.25, 0.3) is 0 Å². The van der Waals surface area contributed by atoms with Crippen molar-refractivity contribution in [3.05, 3.63) is 59.7 Å². The van der Waals surface area contributed by atoms with Crippen molar-refractivity contribution in [1.29, 1.82) is 0 Å². The van der Waals surface area contributed by atoms with E-state index in [0.717, 1.165) is 4.90 Å². The molecule has 7 heteroatoms. The Hall–Kier alpha value is -2.51. The van der Waals surface area contributed by atoms with Crippen molar-refractivity contribution in [1.82, 2.24) is 4.72 Å². The molecule has 0 saturated carbocycles. The van der Waals surface area contributed by atoms with Crippen molar-refractivity contribution >= 4 is 27.5 Å². The first-order chi connectivity index (χ1) is 11.5. The van der Waals surface area contributed by atoms with Gasteiger partial charge in [0.15, 0.2) is 0 Å². The lowest BCUT2D eigenvalue weighted by Crippen LogP contribution is -2.29. The Morgan fingerprint density at radius 2 is 1.46 bits per heavy atom. The summed E-state index contributed by atoms with van der Waals surface area (Å²) in [6, 6.07) is 12.3. The minimum Gasteiger partial charge on any atom is -0.268 e. The Bertz CT molecular complexity index is 869. The molecule has 2 aromatic carbocycles. The zero-order valence-corrected chi connectivity index (χ0v) is 13.8. The number of nitrogens with zero attached hydrogens (tertiary/aromatic N) is 1. The number of nitrogens with one attached hydrogen (secondary N) is 1. The monoisotopic (exact) mass is 344 g/mol. The van der Waals surface area contributed by atoms with Crippen molar-refractivity contribution < 1.29 is 18.0 Å². The molecule has 124 valence electrons. The van der Waals surface area contributed by atoms with E-state index in [4.69, 9.17) is 0 Å². The number of amides is 2. The van der Waals surface area contributed by atoms with E-state index in [1.54, 1.807) is 24.3 Å². The fourth-order valence-electron chi connectivity index (χ4n) is 2.52. The molecule has 0 unspecified atom stereocenters. The molecule has 2 aromatic rings. The highest BCUT2D eigenvalue weighted by atomic mass is 32.2. The molecule has 0 atom stereocenters. The van der Waals surface area contributed by atoms with Crippen LogP contribution in [0.15, 0.2) is 53.4 Å². The van der Waals surface area contributed by atoms with Crippen LogP contribution < -0.4 is 9.62 Å². The Morgan fingerprint density at radius 1 is 0.917 bits per heavy atom. The van der Waals surface area contributed by atoms with Gasteiger partial charge in [0.05, 0.1) is 21.7 Å². The van der Waals surface area contributed by atoms with E-state index in [1.165, 1.54) is 24.3 Å². The van der Waals surface area contributed by atoms with Gasteiger partial charge in [-0.05, 0) is 42.8 Å². The SMILES string of the molecule is CCCNS(=O)(=O)c1ccc(N2C(=O)c3ccccc3C2=O)cc1. The zero-order valence-electron chi connectivity index (χ0n) is 13.0. The van der Waals surface area contributed by atoms with Crippen LogP contribution in [0.1, 0.15) is 34.1 Å². The lowest BCUT2D eigenvalue weighted by Gasteiger charge is -2.14. The summed E-state index contributed by atoms with van der Waals surface area (Å²) in [6.07, 6.45) is 0.687. The number of sulfonamides is 1. The van der Waals surface area contributed by atoms with Crippen LogP contribution in [0.4, 0.5) is 5.69 Å². The first-order valence-electron chi connectivity index (χ1n) is 7.53. The molecule has 1 aliphatic heterocycles. The van der Waals surface area contributed by atoms with Crippen LogP contribution in [0, 0.1) is 0 Å². The Kier molecular flexibility index (Phi) is 4.21. The highest BCUT2D eigenvalue weighted by Crippen LogP contribution is 2.28. The molecule has 6 nitrogen and oxygen atoms in total. The molecule has 0 fully saturated rings. The van der Waals surface area contributed by atoms with Gasteiger partial charge in [-0.3, -0.25) is 9.59 Å². The number of rotatable bonds is 5. The van der Waals surface area contributed by atoms with Gasteiger partial charge in [0.25, 0.3) is 11.8 Å². The van der Waals surface area contributed by atoms with Gasteiger partial charge in [-0.2, -0.15) is 0 Å². The second-order valence-electron chi connectivity index (χ2n) is 5.38. The summed E-state index contributed by atoms with van der Waals surface area (Å²) >= 11 is 0. The maximum atomic E-state index is 12.4. The molecule has 24 heavy (non-hydrogen) atoms. The number of carbonyl (C=O) groups is 2. The lowest BCUT2D eigenvalue weighted by atomic mass is 10.1. The second kappa shape index (κ2) is 6.18. The summed E-state index contributed by atoms with van der Waals surface area (Å²) in [5.41, 5.74) is 1.04. The van der Waals surface area contributed by atoms with Gasteiger partial charge in [-0.15, -0.1) is 0 Å². The Morgan fingerprint density at radius 3 is 1.96 bits per heavy atom. The standard InChI is InChI=1S/C17H16N2O4S/c1-2-11-18-24(22,23)13-9-7-12(8-10-13)19-16(20)14-5-3-4-6-15(14)17(19)21/h3-10,18H,2,11H2,1H3. The zero-order chi connectivity index (χ0) is 17.3. The predicted octanol–water partition coefficient (Wildman–Crippen LogP) is 2.18. The van der Waals surface area contributed by atoms with Gasteiger partial charge in [0.2, 0.25) is 10.0 Å². The smallest absolute Gasteiger partial charge is 0.266 e. The van der Waals surface area contributed by atoms with Crippen LogP contribution in [-0.2, 0) is 10.0 Å². The van der Waals surface area contributed by atoms with Gasteiger partial charge in [-0.25, -0.2) is 18.0 Å². The predicted molar refractivity (Wildman–Crippen MR) is 89.5 cm³/mol. The summed E-state index contributed by atoms with van der Waals surface area (Å²) in [4.78, 5) is 26.0. The molecule has 3 rings (SSSR count). The average Bonchev–Trinajstić information content (AvgIpc) is 2.85. The quantitative estimate of drug-likeness (QED) is 0.843. The third-order valence-corrected chi connectivity index (χ3v) is 5.22. The maximum absolute atomic E-state index is 12.4. The number of anilines is 1. The number of benzene rings is 2. The normalized spacial score (nSPS) is 14.1. The van der Waals surface area contributed by atoms with Gasteiger partial charge < -0.3 is 0 Å². The molecule has 1 N–H and O–H groups in total. The minimum atomic E-state index is -3.58. The number of carbonyl (C=O) groups excluding carboxylic acids is 2. The van der Waals surface area contributed by atoms with E-state index in [9.17, 15) is 18.0 Å². The topological polar surface area (TPSA) is 83.6 Å². The molecule has 0 bridgehead atoms. The fraction of sp³-hybridized carbons (Fsp3) is 0.176. The van der Waals surface area contributed by atoms with Gasteiger partial charge in [-0.1, -0.05) is 19.1 Å². The van der Waals surface area contributed by atoms with E-state index in [2.05, 4.69) is 4.72 Å². The van der Waals surface area contributed by atoms with Crippen LogP contribution in [-0.4, -0.2) is 26.8 Å². The van der Waals surface area contributed by atoms with E-state index in [-0.39, 0.29) is 4.90 Å². The van der Waals surface area contributed by atoms with Gasteiger partial charge in [0, 0.05) is 6.54 Å². The number of hydrogen-bond acceptors (Lipinski definition) is 4. The van der Waals surface area contributed by atoms with E-state index in [0.29, 0.717) is 29.8 Å². The molecule has 2 amide bonds. The summed E-state index contributed by atoms with van der Waals surface area (Å²) in [5.74, 6) is -0.814. The number of imide groups is 1. The summed E-state index contributed by atoms with van der Waals surface area (Å²) in [5, 5.41) is 0. The molecule has 1 heterocycles. The highest BCUT2D eigenvalue weighted by molar-refractivity contribution is 7.89. The molecule has 0 spiro atoms. The third kappa shape index (κ3) is 2.72. The minimum absolute atomic E-state index is 0.0938. The largest absolute Gasteiger partial charge is 0.268 e. The summed E-state index contributed by atoms with van der Waals surface area (Å²) < 4.78 is 26.6. The van der Waals surface area contributed by atoms with Crippen molar-refractivity contribution in [3.8, 4) is 0 Å². The van der Waals surface area contributed by atoms with Crippen molar-refractivity contribution in [2.45, 2.75) is 18.2 Å². The van der Waals surface area contributed by atoms with Crippen LogP contribution in [0.3, 0.4) is 0 Å². The molecule has 1 aliphatic rings. The molecular weight excluding hydrogens is 328 g/mol.